The van der Waals surface area contributed by atoms with Crippen LogP contribution in [0, 0.1) is 0 Å². The van der Waals surface area contributed by atoms with Crippen LogP contribution in [0.15, 0.2) is 108 Å². The Morgan fingerprint density at radius 3 is 2.73 bits per heavy atom. The number of carbonyl (C=O) groups is 1. The van der Waals surface area contributed by atoms with Crippen molar-refractivity contribution in [1.82, 2.24) is 25.2 Å². The highest BCUT2D eigenvalue weighted by molar-refractivity contribution is 5.91. The number of benzene rings is 1. The van der Waals surface area contributed by atoms with E-state index in [0.717, 1.165) is 61.7 Å². The minimum atomic E-state index is -0.531. The summed E-state index contributed by atoms with van der Waals surface area (Å²) in [6.45, 7) is 7.73. The van der Waals surface area contributed by atoms with E-state index in [2.05, 4.69) is 44.6 Å². The number of para-hydroxylation sites is 1. The van der Waals surface area contributed by atoms with Gasteiger partial charge in [0, 0.05) is 56.4 Å². The summed E-state index contributed by atoms with van der Waals surface area (Å²) < 4.78 is 7.02. The number of ether oxygens (including phenoxy) is 1. The fourth-order valence-corrected chi connectivity index (χ4v) is 6.85. The molecule has 1 atom stereocenters. The van der Waals surface area contributed by atoms with E-state index < -0.39 is 6.04 Å². The van der Waals surface area contributed by atoms with Gasteiger partial charge in [0.25, 0.3) is 5.82 Å². The van der Waals surface area contributed by atoms with Crippen LogP contribution in [0.3, 0.4) is 0 Å². The SMILES string of the molecule is CC(=O)[C@H](CCN(CCCCC1=C(\C)CCC2=C(/C=C\1)CCCN2)CCOc1ccccn1)Nc1c2ccccc2nc(-c2cccnc2)[n+]1O. The number of rotatable bonds is 16. The number of Topliss-reactive ketones (excluding diaryl/α,β-unsaturated/α-hetero) is 1. The normalized spacial score (nSPS) is 17.3. The maximum Gasteiger partial charge on any atom is 0.309 e. The molecule has 0 spiro atoms. The molecule has 0 unspecified atom stereocenters. The van der Waals surface area contributed by atoms with Gasteiger partial charge in [0.15, 0.2) is 11.3 Å². The van der Waals surface area contributed by atoms with Crippen molar-refractivity contribution in [2.45, 2.75) is 71.3 Å². The van der Waals surface area contributed by atoms with Crippen molar-refractivity contribution in [3.63, 3.8) is 0 Å². The third-order valence-electron chi connectivity index (χ3n) is 9.85. The third kappa shape index (κ3) is 9.58. The molecule has 0 saturated heterocycles. The molecule has 4 heterocycles. The fraction of sp³-hybridized carbons (Fsp3) is 0.390. The molecule has 1 aliphatic carbocycles. The van der Waals surface area contributed by atoms with Gasteiger partial charge in [-0.3, -0.25) is 20.0 Å². The summed E-state index contributed by atoms with van der Waals surface area (Å²) in [7, 11) is 0. The van der Waals surface area contributed by atoms with Crippen molar-refractivity contribution in [3.8, 4) is 17.3 Å². The molecule has 266 valence electrons. The fourth-order valence-electron chi connectivity index (χ4n) is 6.85. The summed E-state index contributed by atoms with van der Waals surface area (Å²) in [5.41, 5.74) is 7.22. The number of anilines is 1. The quantitative estimate of drug-likeness (QED) is 0.0662. The standard InChI is InChI=1S/C41H49N7O3/c1-30-17-20-37-33(12-10-24-43-37)19-18-32(30)11-6-8-25-47(27-28-51-39-16-5-7-23-44-39)26-21-36(31(2)49)45-41-35-14-3-4-15-38(35)46-40(48(41)50)34-13-9-22-42-29-34/h3-5,7,9,13-16,18-19,22-23,29,36,43,50H,6,8,10-12,17,20-21,24-28H2,1-2H3/p+1/b19-18-,32-30-/t36-/m0/s1. The number of carbonyl (C=O) groups excluding carboxylic acids is 1. The average molecular weight is 689 g/mol. The van der Waals surface area contributed by atoms with Crippen LogP contribution in [0.2, 0.25) is 0 Å². The third-order valence-corrected chi connectivity index (χ3v) is 9.85. The summed E-state index contributed by atoms with van der Waals surface area (Å²) in [6.07, 6.45) is 18.1. The van der Waals surface area contributed by atoms with E-state index in [4.69, 9.17) is 9.72 Å². The van der Waals surface area contributed by atoms with Gasteiger partial charge in [-0.15, -0.1) is 0 Å². The molecule has 1 aromatic carbocycles. The Kier molecular flexibility index (Phi) is 12.4. The topological polar surface area (TPSA) is 116 Å². The number of ketones is 1. The van der Waals surface area contributed by atoms with Crippen LogP contribution in [0.25, 0.3) is 22.3 Å². The van der Waals surface area contributed by atoms with Crippen LogP contribution >= 0.6 is 0 Å². The van der Waals surface area contributed by atoms with Gasteiger partial charge >= 0.3 is 5.82 Å². The first-order valence-electron chi connectivity index (χ1n) is 18.3. The number of hydrogen-bond donors (Lipinski definition) is 3. The number of nitrogens with one attached hydrogen (secondary N) is 2. The Morgan fingerprint density at radius 2 is 1.90 bits per heavy atom. The molecular weight excluding hydrogens is 638 g/mol. The Morgan fingerprint density at radius 1 is 1.02 bits per heavy atom. The lowest BCUT2D eigenvalue weighted by Crippen LogP contribution is -2.43. The van der Waals surface area contributed by atoms with Crippen molar-refractivity contribution < 1.29 is 19.5 Å². The van der Waals surface area contributed by atoms with Gasteiger partial charge in [0.05, 0.1) is 10.9 Å². The lowest BCUT2D eigenvalue weighted by atomic mass is 9.91. The molecule has 1 aliphatic heterocycles. The van der Waals surface area contributed by atoms with Crippen LogP contribution in [-0.2, 0) is 4.79 Å². The second-order valence-corrected chi connectivity index (χ2v) is 13.4. The van der Waals surface area contributed by atoms with Crippen LogP contribution in [0.4, 0.5) is 5.82 Å². The minimum absolute atomic E-state index is 0.00609. The van der Waals surface area contributed by atoms with Crippen LogP contribution in [0.1, 0.15) is 65.2 Å². The monoisotopic (exact) mass is 688 g/mol. The summed E-state index contributed by atoms with van der Waals surface area (Å²) >= 11 is 0. The molecular formula is C41H50N7O3+. The highest BCUT2D eigenvalue weighted by Gasteiger charge is 2.27. The molecule has 4 aromatic rings. The zero-order valence-electron chi connectivity index (χ0n) is 29.9. The Balaban J connectivity index is 1.13. The summed E-state index contributed by atoms with van der Waals surface area (Å²) in [6, 6.07) is 16.4. The van der Waals surface area contributed by atoms with E-state index in [1.54, 1.807) is 31.6 Å². The zero-order chi connectivity index (χ0) is 35.4. The number of aromatic nitrogens is 4. The number of allylic oxidation sites excluding steroid dienone is 6. The predicted octanol–water partition coefficient (Wildman–Crippen LogP) is 6.83. The highest BCUT2D eigenvalue weighted by Crippen LogP contribution is 2.28. The van der Waals surface area contributed by atoms with Gasteiger partial charge in [-0.05, 0) is 107 Å². The summed E-state index contributed by atoms with van der Waals surface area (Å²) in [5.74, 6) is 1.37. The average Bonchev–Trinajstić information content (AvgIpc) is 3.15. The van der Waals surface area contributed by atoms with Crippen LogP contribution in [-0.4, -0.2) is 69.7 Å². The van der Waals surface area contributed by atoms with Gasteiger partial charge in [-0.2, -0.15) is 0 Å². The number of nitrogens with zero attached hydrogens (tertiary/aromatic N) is 5. The van der Waals surface area contributed by atoms with E-state index in [1.165, 1.54) is 28.8 Å². The second-order valence-electron chi connectivity index (χ2n) is 13.4. The Hall–Kier alpha value is -5.09. The first-order chi connectivity index (χ1) is 25.0. The number of hydrogen-bond acceptors (Lipinski definition) is 9. The van der Waals surface area contributed by atoms with Crippen molar-refractivity contribution in [3.05, 3.63) is 108 Å². The molecule has 3 N–H and O–H groups in total. The first-order valence-corrected chi connectivity index (χ1v) is 18.3. The van der Waals surface area contributed by atoms with Gasteiger partial charge in [0.1, 0.15) is 12.6 Å². The molecule has 0 radical (unpaired) electrons. The van der Waals surface area contributed by atoms with E-state index in [0.29, 0.717) is 54.7 Å². The van der Waals surface area contributed by atoms with Gasteiger partial charge in [0.2, 0.25) is 5.88 Å². The lowest BCUT2D eigenvalue weighted by Gasteiger charge is -2.25. The molecule has 0 bridgehead atoms. The lowest BCUT2D eigenvalue weighted by molar-refractivity contribution is -0.885. The second kappa shape index (κ2) is 17.7. The molecule has 2 aliphatic rings. The number of fused-ring (bicyclic) bond motifs is 1. The number of pyridine rings is 2. The predicted molar refractivity (Wildman–Crippen MR) is 200 cm³/mol. The van der Waals surface area contributed by atoms with Crippen LogP contribution < -0.4 is 20.1 Å². The first kappa shape index (κ1) is 35.7. The molecule has 3 aromatic heterocycles. The van der Waals surface area contributed by atoms with Crippen LogP contribution in [0.5, 0.6) is 5.88 Å². The van der Waals surface area contributed by atoms with E-state index in [9.17, 15) is 10.0 Å². The van der Waals surface area contributed by atoms with Gasteiger partial charge in [-0.25, -0.2) is 4.98 Å². The van der Waals surface area contributed by atoms with E-state index >= 15 is 0 Å². The molecule has 10 heteroatoms. The number of unbranched alkanes of at least 4 members (excludes halogenated alkanes) is 1. The van der Waals surface area contributed by atoms with Crippen molar-refractivity contribution >= 4 is 22.5 Å². The molecule has 0 amide bonds. The molecule has 0 fully saturated rings. The van der Waals surface area contributed by atoms with Crippen molar-refractivity contribution in [2.75, 3.05) is 38.1 Å². The highest BCUT2D eigenvalue weighted by atomic mass is 16.5. The van der Waals surface area contributed by atoms with Gasteiger partial charge < -0.3 is 15.3 Å². The summed E-state index contributed by atoms with van der Waals surface area (Å²) in [4.78, 5) is 28.7. The minimum Gasteiger partial charge on any atom is -0.476 e. The maximum atomic E-state index is 13.1. The Bertz CT molecular complexity index is 1870. The summed E-state index contributed by atoms with van der Waals surface area (Å²) in [5, 5.41) is 19.2. The van der Waals surface area contributed by atoms with Crippen molar-refractivity contribution in [2.24, 2.45) is 0 Å². The molecule has 0 saturated carbocycles. The van der Waals surface area contributed by atoms with Gasteiger partial charge in [-0.1, -0.05) is 45.6 Å². The van der Waals surface area contributed by atoms with E-state index in [-0.39, 0.29) is 5.78 Å². The molecule has 10 nitrogen and oxygen atoms in total. The zero-order valence-corrected chi connectivity index (χ0v) is 29.9. The smallest absolute Gasteiger partial charge is 0.309 e. The molecule has 6 rings (SSSR count). The maximum absolute atomic E-state index is 13.1. The molecule has 51 heavy (non-hydrogen) atoms. The Labute approximate surface area is 301 Å². The largest absolute Gasteiger partial charge is 0.476 e. The van der Waals surface area contributed by atoms with Crippen molar-refractivity contribution in [1.29, 1.82) is 0 Å². The van der Waals surface area contributed by atoms with E-state index in [1.807, 2.05) is 48.5 Å².